The first-order valence-corrected chi connectivity index (χ1v) is 13.3. The predicted molar refractivity (Wildman–Crippen MR) is 146 cm³/mol. The van der Waals surface area contributed by atoms with E-state index in [0.717, 1.165) is 22.4 Å². The van der Waals surface area contributed by atoms with Crippen molar-refractivity contribution in [3.63, 3.8) is 0 Å². The molecule has 3 aromatic carbocycles. The zero-order valence-corrected chi connectivity index (χ0v) is 20.9. The van der Waals surface area contributed by atoms with Gasteiger partial charge in [0.05, 0.1) is 10.9 Å². The van der Waals surface area contributed by atoms with Crippen LogP contribution < -0.4 is 4.90 Å². The lowest BCUT2D eigenvalue weighted by atomic mass is 9.64. The van der Waals surface area contributed by atoms with E-state index in [4.69, 9.17) is 0 Å². The third-order valence-corrected chi connectivity index (χ3v) is 9.07. The quantitative estimate of drug-likeness (QED) is 0.242. The lowest BCUT2D eigenvalue weighted by Gasteiger charge is -2.37. The highest BCUT2D eigenvalue weighted by atomic mass is 32.1. The fourth-order valence-electron chi connectivity index (χ4n) is 6.63. The molecule has 0 amide bonds. The molecule has 4 aromatic rings. The van der Waals surface area contributed by atoms with E-state index in [0.29, 0.717) is 16.0 Å². The van der Waals surface area contributed by atoms with Crippen LogP contribution in [0.3, 0.4) is 0 Å². The zero-order valence-electron chi connectivity index (χ0n) is 20.1. The van der Waals surface area contributed by atoms with Crippen LogP contribution in [0.1, 0.15) is 53.0 Å². The number of anilines is 1. The van der Waals surface area contributed by atoms with Crippen molar-refractivity contribution in [1.29, 1.82) is 0 Å². The molecule has 5 heteroatoms. The number of hydrogen-bond donors (Lipinski definition) is 0. The Balaban J connectivity index is 1.56. The van der Waals surface area contributed by atoms with Crippen LogP contribution in [0.2, 0.25) is 0 Å². The van der Waals surface area contributed by atoms with Gasteiger partial charge in [0, 0.05) is 22.7 Å². The predicted octanol–water partition coefficient (Wildman–Crippen LogP) is 6.37. The lowest BCUT2D eigenvalue weighted by Crippen LogP contribution is -2.48. The molecule has 0 bridgehead atoms. The number of para-hydroxylation sites is 1. The Bertz CT molecular complexity index is 1580. The summed E-state index contributed by atoms with van der Waals surface area (Å²) in [5.74, 6) is -1.11. The summed E-state index contributed by atoms with van der Waals surface area (Å²) in [5, 5.41) is 1.89. The average molecular weight is 502 g/mol. The van der Waals surface area contributed by atoms with Gasteiger partial charge in [-0.1, -0.05) is 90.5 Å². The number of nitrogens with zero attached hydrogens (tertiary/aromatic N) is 1. The van der Waals surface area contributed by atoms with E-state index in [1.807, 2.05) is 85.1 Å². The van der Waals surface area contributed by atoms with E-state index in [1.165, 1.54) is 11.3 Å². The van der Waals surface area contributed by atoms with Crippen LogP contribution in [0.5, 0.6) is 0 Å². The van der Waals surface area contributed by atoms with Crippen LogP contribution >= 0.6 is 11.3 Å². The van der Waals surface area contributed by atoms with Crippen LogP contribution in [0, 0.1) is 12.3 Å². The largest absolute Gasteiger partial charge is 0.352 e. The highest BCUT2D eigenvalue weighted by Crippen LogP contribution is 2.61. The van der Waals surface area contributed by atoms with E-state index in [-0.39, 0.29) is 17.3 Å². The Labute approximate surface area is 218 Å². The van der Waals surface area contributed by atoms with Gasteiger partial charge < -0.3 is 4.90 Å². The maximum absolute atomic E-state index is 14.5. The summed E-state index contributed by atoms with van der Waals surface area (Å²) in [7, 11) is 0. The summed E-state index contributed by atoms with van der Waals surface area (Å²) in [6.45, 7) is 2.01. The number of rotatable bonds is 3. The Hall–Kier alpha value is -4.09. The van der Waals surface area contributed by atoms with Gasteiger partial charge in [0.15, 0.2) is 17.3 Å². The standard InChI is InChI=1S/C32H23NO3S/c1-19-12-14-21(15-13-19)27-28(29(34)25-11-6-18-37-25)33-24-10-5-2-7-20(24)16-17-26(33)32(27)30(35)22-8-3-4-9-23(22)31(32)36/h2-18,26-28H,1H3/t26-,27-,28-/m1/s1. The summed E-state index contributed by atoms with van der Waals surface area (Å²) in [4.78, 5) is 46.1. The van der Waals surface area contributed by atoms with Crippen LogP contribution in [0.25, 0.3) is 6.08 Å². The van der Waals surface area contributed by atoms with Gasteiger partial charge in [-0.2, -0.15) is 0 Å². The molecule has 7 rings (SSSR count). The number of hydrogen-bond acceptors (Lipinski definition) is 5. The van der Waals surface area contributed by atoms with Crippen molar-refractivity contribution in [3.8, 4) is 0 Å². The fraction of sp³-hybridized carbons (Fsp3) is 0.156. The number of ketones is 3. The van der Waals surface area contributed by atoms with E-state index in [2.05, 4.69) is 4.90 Å². The van der Waals surface area contributed by atoms with Crippen molar-refractivity contribution in [2.24, 2.45) is 5.41 Å². The molecule has 2 aliphatic heterocycles. The van der Waals surface area contributed by atoms with E-state index in [9.17, 15) is 14.4 Å². The number of Topliss-reactive ketones (excluding diaryl/α,β-unsaturated/α-hetero) is 3. The Morgan fingerprint density at radius 3 is 2.19 bits per heavy atom. The van der Waals surface area contributed by atoms with Gasteiger partial charge in [0.1, 0.15) is 11.5 Å². The molecular formula is C32H23NO3S. The Morgan fingerprint density at radius 2 is 1.51 bits per heavy atom. The SMILES string of the molecule is Cc1ccc([C@@H]2[C@H](C(=O)c3cccs3)N3c4ccccc4C=C[C@@H]3C23C(=O)c2ccccc2C3=O)cc1. The molecule has 0 N–H and O–H groups in total. The zero-order chi connectivity index (χ0) is 25.3. The molecule has 180 valence electrons. The Morgan fingerprint density at radius 1 is 0.838 bits per heavy atom. The maximum Gasteiger partial charge on any atom is 0.195 e. The van der Waals surface area contributed by atoms with Gasteiger partial charge in [-0.25, -0.2) is 0 Å². The second-order valence-corrected chi connectivity index (χ2v) is 11.0. The number of benzene rings is 3. The van der Waals surface area contributed by atoms with Gasteiger partial charge >= 0.3 is 0 Å². The molecule has 1 spiro atoms. The third kappa shape index (κ3) is 2.86. The lowest BCUT2D eigenvalue weighted by molar-refractivity contribution is 0.0666. The number of thiophene rings is 1. The minimum Gasteiger partial charge on any atom is -0.352 e. The molecule has 1 fully saturated rings. The number of carbonyl (C=O) groups is 3. The highest BCUT2D eigenvalue weighted by Gasteiger charge is 2.71. The second kappa shape index (κ2) is 7.95. The molecule has 1 saturated heterocycles. The van der Waals surface area contributed by atoms with Gasteiger partial charge in [-0.3, -0.25) is 14.4 Å². The highest BCUT2D eigenvalue weighted by molar-refractivity contribution is 7.12. The molecule has 37 heavy (non-hydrogen) atoms. The molecule has 3 aliphatic rings. The molecule has 0 saturated carbocycles. The van der Waals surface area contributed by atoms with Crippen molar-refractivity contribution in [2.45, 2.75) is 24.9 Å². The first kappa shape index (κ1) is 22.1. The van der Waals surface area contributed by atoms with E-state index < -0.39 is 23.4 Å². The first-order chi connectivity index (χ1) is 18.0. The number of carbonyl (C=O) groups excluding carboxylic acids is 3. The Kier molecular flexibility index (Phi) is 4.76. The minimum atomic E-state index is -1.44. The molecule has 1 aliphatic carbocycles. The van der Waals surface area contributed by atoms with Crippen LogP contribution in [-0.2, 0) is 0 Å². The fourth-order valence-corrected chi connectivity index (χ4v) is 7.33. The van der Waals surface area contributed by atoms with Gasteiger partial charge in [0.25, 0.3) is 0 Å². The number of aryl methyl sites for hydroxylation is 1. The van der Waals surface area contributed by atoms with E-state index >= 15 is 0 Å². The minimum absolute atomic E-state index is 0.0656. The molecule has 0 radical (unpaired) electrons. The van der Waals surface area contributed by atoms with Gasteiger partial charge in [-0.15, -0.1) is 11.3 Å². The molecule has 1 aromatic heterocycles. The summed E-state index contributed by atoms with van der Waals surface area (Å²) < 4.78 is 0. The summed E-state index contributed by atoms with van der Waals surface area (Å²) in [6, 6.07) is 25.3. The summed E-state index contributed by atoms with van der Waals surface area (Å²) >= 11 is 1.39. The molecule has 3 heterocycles. The third-order valence-electron chi connectivity index (χ3n) is 8.18. The topological polar surface area (TPSA) is 54.5 Å². The monoisotopic (exact) mass is 501 g/mol. The first-order valence-electron chi connectivity index (χ1n) is 12.4. The van der Waals surface area contributed by atoms with Crippen molar-refractivity contribution < 1.29 is 14.4 Å². The molecule has 3 atom stereocenters. The maximum atomic E-state index is 14.5. The molecule has 4 nitrogen and oxygen atoms in total. The second-order valence-electron chi connectivity index (χ2n) is 10.0. The van der Waals surface area contributed by atoms with Crippen LogP contribution in [0.15, 0.2) is 96.4 Å². The average Bonchev–Trinajstić information content (AvgIpc) is 3.63. The normalized spacial score (nSPS) is 22.7. The molecular weight excluding hydrogens is 478 g/mol. The van der Waals surface area contributed by atoms with Crippen molar-refractivity contribution in [2.75, 3.05) is 4.90 Å². The van der Waals surface area contributed by atoms with E-state index in [1.54, 1.807) is 24.3 Å². The van der Waals surface area contributed by atoms with Crippen molar-refractivity contribution in [3.05, 3.63) is 129 Å². The van der Waals surface area contributed by atoms with Gasteiger partial charge in [-0.05, 0) is 35.6 Å². The van der Waals surface area contributed by atoms with Gasteiger partial charge in [0.2, 0.25) is 0 Å². The van der Waals surface area contributed by atoms with Crippen LogP contribution in [0.4, 0.5) is 5.69 Å². The summed E-state index contributed by atoms with van der Waals surface area (Å²) in [6.07, 6.45) is 3.96. The van der Waals surface area contributed by atoms with Crippen LogP contribution in [-0.4, -0.2) is 29.4 Å². The molecule has 0 unspecified atom stereocenters. The number of fused-ring (bicyclic) bond motifs is 5. The smallest absolute Gasteiger partial charge is 0.195 e. The van der Waals surface area contributed by atoms with Crippen molar-refractivity contribution >= 4 is 40.4 Å². The summed E-state index contributed by atoms with van der Waals surface area (Å²) in [5.41, 5.74) is 3.19. The van der Waals surface area contributed by atoms with Crippen molar-refractivity contribution in [1.82, 2.24) is 0 Å².